The van der Waals surface area contributed by atoms with Gasteiger partial charge in [-0.25, -0.2) is 4.98 Å². The van der Waals surface area contributed by atoms with E-state index in [1.165, 1.54) is 0 Å². The van der Waals surface area contributed by atoms with Crippen molar-refractivity contribution in [3.05, 3.63) is 17.1 Å². The topological polar surface area (TPSA) is 59.1 Å². The lowest BCUT2D eigenvalue weighted by Crippen LogP contribution is -1.91. The summed E-state index contributed by atoms with van der Waals surface area (Å²) in [5.74, 6) is 0.884. The van der Waals surface area contributed by atoms with Gasteiger partial charge < -0.3 is 10.8 Å². The van der Waals surface area contributed by atoms with Crippen molar-refractivity contribution in [2.45, 2.75) is 18.2 Å². The lowest BCUT2D eigenvalue weighted by atomic mass is 10.3. The van der Waals surface area contributed by atoms with E-state index in [-0.39, 0.29) is 6.61 Å². The monoisotopic (exact) mass is 254 g/mol. The second-order valence-corrected chi connectivity index (χ2v) is 5.89. The molecule has 0 amide bonds. The number of benzene rings is 1. The number of nitrogens with zero attached hydrogens (tertiary/aromatic N) is 1. The maximum atomic E-state index is 8.73. The molecular formula is C11H14N2OS2. The molecule has 2 rings (SSSR count). The number of nitrogen functional groups attached to an aromatic ring is 1. The average Bonchev–Trinajstić information content (AvgIpc) is 2.58. The molecule has 2 aromatic rings. The third kappa shape index (κ3) is 2.48. The Labute approximate surface area is 103 Å². The van der Waals surface area contributed by atoms with Crippen LogP contribution in [0.4, 0.5) is 5.69 Å². The van der Waals surface area contributed by atoms with E-state index >= 15 is 0 Å². The first-order valence-electron chi connectivity index (χ1n) is 5.11. The summed E-state index contributed by atoms with van der Waals surface area (Å²) >= 11 is 3.34. The van der Waals surface area contributed by atoms with Gasteiger partial charge in [0.2, 0.25) is 0 Å². The van der Waals surface area contributed by atoms with E-state index < -0.39 is 0 Å². The fourth-order valence-electron chi connectivity index (χ4n) is 1.46. The molecule has 86 valence electrons. The number of nitrogens with two attached hydrogens (primary N) is 1. The van der Waals surface area contributed by atoms with Crippen LogP contribution in [0.3, 0.4) is 0 Å². The maximum Gasteiger partial charge on any atom is 0.0907 e. The molecule has 0 radical (unpaired) electrons. The van der Waals surface area contributed by atoms with Gasteiger partial charge in [-0.05, 0) is 25.5 Å². The standard InChI is InChI=1S/C11H14N2OS2/c1-7-13-9-6-10(15-4-2-3-14)8(12)5-11(9)16-7/h5-6,14H,2-4,12H2,1H3. The molecule has 3 nitrogen and oxygen atoms in total. The second-order valence-electron chi connectivity index (χ2n) is 3.52. The van der Waals surface area contributed by atoms with Gasteiger partial charge in [-0.15, -0.1) is 23.1 Å². The summed E-state index contributed by atoms with van der Waals surface area (Å²) in [6, 6.07) is 4.03. The van der Waals surface area contributed by atoms with E-state index in [2.05, 4.69) is 4.98 Å². The Morgan fingerprint density at radius 1 is 1.50 bits per heavy atom. The van der Waals surface area contributed by atoms with Gasteiger partial charge in [0.05, 0.1) is 15.2 Å². The molecule has 1 aromatic carbocycles. The molecular weight excluding hydrogens is 240 g/mol. The molecule has 0 saturated carbocycles. The van der Waals surface area contributed by atoms with Crippen molar-refractivity contribution in [3.63, 3.8) is 0 Å². The average molecular weight is 254 g/mol. The molecule has 0 aliphatic carbocycles. The molecule has 0 unspecified atom stereocenters. The van der Waals surface area contributed by atoms with Crippen molar-refractivity contribution in [1.29, 1.82) is 0 Å². The summed E-state index contributed by atoms with van der Waals surface area (Å²) in [4.78, 5) is 5.50. The summed E-state index contributed by atoms with van der Waals surface area (Å²) in [6.45, 7) is 2.23. The Bertz CT molecular complexity index is 496. The zero-order chi connectivity index (χ0) is 11.5. The van der Waals surface area contributed by atoms with Crippen LogP contribution in [-0.2, 0) is 0 Å². The number of fused-ring (bicyclic) bond motifs is 1. The lowest BCUT2D eigenvalue weighted by Gasteiger charge is -2.04. The van der Waals surface area contributed by atoms with Crippen LogP contribution < -0.4 is 5.73 Å². The highest BCUT2D eigenvalue weighted by Crippen LogP contribution is 2.32. The largest absolute Gasteiger partial charge is 0.398 e. The summed E-state index contributed by atoms with van der Waals surface area (Å²) in [7, 11) is 0. The van der Waals surface area contributed by atoms with Gasteiger partial charge in [0, 0.05) is 22.9 Å². The van der Waals surface area contributed by atoms with Crippen LogP contribution in [0.25, 0.3) is 10.2 Å². The molecule has 0 bridgehead atoms. The number of thiazole rings is 1. The molecule has 0 atom stereocenters. The van der Waals surface area contributed by atoms with Crippen molar-refractivity contribution < 1.29 is 5.11 Å². The summed E-state index contributed by atoms with van der Waals surface area (Å²) in [6.07, 6.45) is 0.790. The third-order valence-corrected chi connectivity index (χ3v) is 4.28. The smallest absolute Gasteiger partial charge is 0.0907 e. The van der Waals surface area contributed by atoms with Crippen LogP contribution in [0.5, 0.6) is 0 Å². The maximum absolute atomic E-state index is 8.73. The van der Waals surface area contributed by atoms with Crippen LogP contribution in [0.1, 0.15) is 11.4 Å². The summed E-state index contributed by atoms with van der Waals surface area (Å²) in [5.41, 5.74) is 7.80. The van der Waals surface area contributed by atoms with Crippen molar-refractivity contribution in [1.82, 2.24) is 4.98 Å². The van der Waals surface area contributed by atoms with Gasteiger partial charge in [0.1, 0.15) is 0 Å². The molecule has 16 heavy (non-hydrogen) atoms. The minimum atomic E-state index is 0.227. The summed E-state index contributed by atoms with van der Waals surface area (Å²) in [5, 5.41) is 9.80. The molecule has 1 aromatic heterocycles. The van der Waals surface area contributed by atoms with Crippen LogP contribution in [-0.4, -0.2) is 22.5 Å². The van der Waals surface area contributed by atoms with Crippen molar-refractivity contribution in [3.8, 4) is 0 Å². The SMILES string of the molecule is Cc1nc2cc(SCCCO)c(N)cc2s1. The summed E-state index contributed by atoms with van der Waals surface area (Å²) < 4.78 is 1.14. The minimum Gasteiger partial charge on any atom is -0.398 e. The van der Waals surface area contributed by atoms with Crippen molar-refractivity contribution in [2.75, 3.05) is 18.1 Å². The first-order valence-corrected chi connectivity index (χ1v) is 6.91. The number of aromatic nitrogens is 1. The Morgan fingerprint density at radius 2 is 2.31 bits per heavy atom. The van der Waals surface area contributed by atoms with E-state index in [0.29, 0.717) is 0 Å². The highest BCUT2D eigenvalue weighted by Gasteiger charge is 2.06. The van der Waals surface area contributed by atoms with Crippen molar-refractivity contribution >= 4 is 39.0 Å². The Morgan fingerprint density at radius 3 is 3.06 bits per heavy atom. The number of anilines is 1. The number of aryl methyl sites for hydroxylation is 1. The Balaban J connectivity index is 2.27. The van der Waals surface area contributed by atoms with E-state index in [0.717, 1.165) is 38.0 Å². The number of hydrogen-bond acceptors (Lipinski definition) is 5. The normalized spacial score (nSPS) is 11.1. The molecule has 3 N–H and O–H groups in total. The highest BCUT2D eigenvalue weighted by molar-refractivity contribution is 7.99. The number of rotatable bonds is 4. The number of aliphatic hydroxyl groups excluding tert-OH is 1. The number of aliphatic hydroxyl groups is 1. The van der Waals surface area contributed by atoms with Crippen LogP contribution in [0, 0.1) is 6.92 Å². The van der Waals surface area contributed by atoms with Crippen LogP contribution in [0.15, 0.2) is 17.0 Å². The fraction of sp³-hybridized carbons (Fsp3) is 0.364. The van der Waals surface area contributed by atoms with Crippen LogP contribution in [0.2, 0.25) is 0 Å². The van der Waals surface area contributed by atoms with Gasteiger partial charge in [-0.1, -0.05) is 0 Å². The Hall–Kier alpha value is -0.780. The third-order valence-electron chi connectivity index (χ3n) is 2.19. The molecule has 5 heteroatoms. The number of hydrogen-bond donors (Lipinski definition) is 2. The zero-order valence-electron chi connectivity index (χ0n) is 9.06. The zero-order valence-corrected chi connectivity index (χ0v) is 10.7. The molecule has 1 heterocycles. The van der Waals surface area contributed by atoms with Gasteiger partial charge in [0.15, 0.2) is 0 Å². The molecule has 0 fully saturated rings. The first-order chi connectivity index (χ1) is 7.70. The van der Waals surface area contributed by atoms with E-state index in [1.54, 1.807) is 23.1 Å². The predicted molar refractivity (Wildman–Crippen MR) is 71.2 cm³/mol. The fourth-order valence-corrected chi connectivity index (χ4v) is 3.23. The molecule has 0 aliphatic heterocycles. The van der Waals surface area contributed by atoms with Gasteiger partial charge in [0.25, 0.3) is 0 Å². The molecule has 0 spiro atoms. The van der Waals surface area contributed by atoms with E-state index in [4.69, 9.17) is 10.8 Å². The van der Waals surface area contributed by atoms with Gasteiger partial charge in [-0.2, -0.15) is 0 Å². The van der Waals surface area contributed by atoms with E-state index in [9.17, 15) is 0 Å². The quantitative estimate of drug-likeness (QED) is 0.500. The predicted octanol–water partition coefficient (Wildman–Crippen LogP) is 2.66. The molecule has 0 aliphatic rings. The first kappa shape index (κ1) is 11.7. The van der Waals surface area contributed by atoms with Crippen LogP contribution >= 0.6 is 23.1 Å². The number of thioether (sulfide) groups is 1. The minimum absolute atomic E-state index is 0.227. The highest BCUT2D eigenvalue weighted by atomic mass is 32.2. The Kier molecular flexibility index (Phi) is 3.68. The second kappa shape index (κ2) is 5.03. The van der Waals surface area contributed by atoms with Crippen molar-refractivity contribution in [2.24, 2.45) is 0 Å². The van der Waals surface area contributed by atoms with Gasteiger partial charge in [-0.3, -0.25) is 0 Å². The van der Waals surface area contributed by atoms with Gasteiger partial charge >= 0.3 is 0 Å². The lowest BCUT2D eigenvalue weighted by molar-refractivity contribution is 0.296. The van der Waals surface area contributed by atoms with E-state index in [1.807, 2.05) is 19.1 Å². The molecule has 0 saturated heterocycles.